The van der Waals surface area contributed by atoms with E-state index in [1.807, 2.05) is 0 Å². The van der Waals surface area contributed by atoms with Gasteiger partial charge in [-0.2, -0.15) is 8.78 Å². The van der Waals surface area contributed by atoms with Gasteiger partial charge >= 0.3 is 0 Å². The molecule has 0 amide bonds. The summed E-state index contributed by atoms with van der Waals surface area (Å²) in [6, 6.07) is 0. The molecule has 0 fully saturated rings. The fourth-order valence-corrected chi connectivity index (χ4v) is 0.533. The molecule has 48 valence electrons. The molecule has 2 nitrogen and oxygen atoms in total. The third-order valence-electron chi connectivity index (χ3n) is 0.704. The maximum absolute atomic E-state index is 12.1. The Balaban J connectivity index is 3.25. The summed E-state index contributed by atoms with van der Waals surface area (Å²) in [5.41, 5.74) is 0. The minimum atomic E-state index is -0.887. The molecule has 9 heavy (non-hydrogen) atoms. The topological polar surface area (TPSA) is 25.8 Å². The molecule has 0 spiro atoms. The number of aromatic nitrogens is 2. The molecule has 0 atom stereocenters. The lowest BCUT2D eigenvalue weighted by molar-refractivity contribution is 0.513. The van der Waals surface area contributed by atoms with E-state index in [0.717, 1.165) is 6.33 Å². The van der Waals surface area contributed by atoms with Crippen molar-refractivity contribution in [1.29, 1.82) is 0 Å². The van der Waals surface area contributed by atoms with Crippen LogP contribution in [0.2, 0.25) is 0 Å². The van der Waals surface area contributed by atoms with Crippen molar-refractivity contribution in [3.63, 3.8) is 0 Å². The molecule has 0 aliphatic rings. The van der Waals surface area contributed by atoms with E-state index in [9.17, 15) is 8.78 Å². The Kier molecular flexibility index (Phi) is 1.70. The molecular weight excluding hydrogens is 194 g/mol. The van der Waals surface area contributed by atoms with E-state index in [1.165, 1.54) is 0 Å². The lowest BCUT2D eigenvalue weighted by atomic mass is 10.6. The molecule has 1 rings (SSSR count). The summed E-state index contributed by atoms with van der Waals surface area (Å²) >= 11 is 2.60. The third kappa shape index (κ3) is 1.21. The van der Waals surface area contributed by atoms with Crippen LogP contribution >= 0.6 is 15.9 Å². The first-order valence-corrected chi connectivity index (χ1v) is 2.82. The van der Waals surface area contributed by atoms with Crippen molar-refractivity contribution in [3.8, 4) is 0 Å². The summed E-state index contributed by atoms with van der Waals surface area (Å²) in [5, 5.41) is 0. The van der Waals surface area contributed by atoms with Gasteiger partial charge in [-0.25, -0.2) is 9.97 Å². The molecule has 1 heterocycles. The highest BCUT2D eigenvalue weighted by atomic mass is 79.9. The first-order valence-electron chi connectivity index (χ1n) is 2.03. The maximum Gasteiger partial charge on any atom is 0.233 e. The second kappa shape index (κ2) is 2.34. The normalized spacial score (nSPS) is 9.67. The van der Waals surface area contributed by atoms with Gasteiger partial charge in [0.1, 0.15) is 10.8 Å². The maximum atomic E-state index is 12.1. The summed E-state index contributed by atoms with van der Waals surface area (Å²) in [6.07, 6.45) is 0.815. The zero-order valence-electron chi connectivity index (χ0n) is 4.11. The number of nitrogens with zero attached hydrogens (tertiary/aromatic N) is 2. The SMILES string of the molecule is Fc1ncnc(F)c1Br. The Morgan fingerprint density at radius 2 is 1.67 bits per heavy atom. The Bertz CT molecular complexity index is 208. The minimum Gasteiger partial charge on any atom is -0.207 e. The van der Waals surface area contributed by atoms with E-state index in [0.29, 0.717) is 0 Å². The molecule has 0 aromatic carbocycles. The van der Waals surface area contributed by atoms with Gasteiger partial charge < -0.3 is 0 Å². The van der Waals surface area contributed by atoms with Crippen LogP contribution in [0.5, 0.6) is 0 Å². The van der Waals surface area contributed by atoms with Gasteiger partial charge in [-0.05, 0) is 15.9 Å². The minimum absolute atomic E-state index is 0.329. The van der Waals surface area contributed by atoms with Crippen molar-refractivity contribution in [3.05, 3.63) is 22.7 Å². The van der Waals surface area contributed by atoms with Crippen molar-refractivity contribution in [2.75, 3.05) is 0 Å². The van der Waals surface area contributed by atoms with E-state index in [4.69, 9.17) is 0 Å². The second-order valence-electron chi connectivity index (χ2n) is 1.27. The van der Waals surface area contributed by atoms with Crippen molar-refractivity contribution < 1.29 is 8.78 Å². The Morgan fingerprint density at radius 1 is 1.22 bits per heavy atom. The molecular formula is C4HBrF2N2. The van der Waals surface area contributed by atoms with Crippen molar-refractivity contribution in [1.82, 2.24) is 9.97 Å². The highest BCUT2D eigenvalue weighted by Gasteiger charge is 2.05. The quantitative estimate of drug-likeness (QED) is 0.586. The molecule has 0 unspecified atom stereocenters. The zero-order chi connectivity index (χ0) is 6.85. The standard InChI is InChI=1S/C4HBrF2N2/c5-2-3(6)8-1-9-4(2)7/h1H. The van der Waals surface area contributed by atoms with Gasteiger partial charge in [0.2, 0.25) is 11.9 Å². The summed E-state index contributed by atoms with van der Waals surface area (Å²) in [7, 11) is 0. The Hall–Kier alpha value is -0.580. The number of halogens is 3. The molecule has 0 bridgehead atoms. The zero-order valence-corrected chi connectivity index (χ0v) is 5.69. The van der Waals surface area contributed by atoms with E-state index in [2.05, 4.69) is 25.9 Å². The van der Waals surface area contributed by atoms with Gasteiger partial charge in [-0.15, -0.1) is 0 Å². The number of hydrogen-bond donors (Lipinski definition) is 0. The van der Waals surface area contributed by atoms with Crippen LogP contribution < -0.4 is 0 Å². The molecule has 1 aromatic rings. The largest absolute Gasteiger partial charge is 0.233 e. The van der Waals surface area contributed by atoms with E-state index >= 15 is 0 Å². The van der Waals surface area contributed by atoms with Gasteiger partial charge in [-0.1, -0.05) is 0 Å². The lowest BCUT2D eigenvalue weighted by Gasteiger charge is -1.90. The molecule has 0 aliphatic carbocycles. The van der Waals surface area contributed by atoms with Crippen LogP contribution in [0.3, 0.4) is 0 Å². The van der Waals surface area contributed by atoms with Crippen LogP contribution in [-0.2, 0) is 0 Å². The predicted octanol–water partition coefficient (Wildman–Crippen LogP) is 1.52. The first-order chi connectivity index (χ1) is 4.22. The first kappa shape index (κ1) is 6.54. The summed E-state index contributed by atoms with van der Waals surface area (Å²) in [4.78, 5) is 6.15. The predicted molar refractivity (Wildman–Crippen MR) is 29.6 cm³/mol. The van der Waals surface area contributed by atoms with Crippen molar-refractivity contribution in [2.24, 2.45) is 0 Å². The molecule has 5 heteroatoms. The molecule has 0 aliphatic heterocycles. The third-order valence-corrected chi connectivity index (χ3v) is 1.36. The lowest BCUT2D eigenvalue weighted by Crippen LogP contribution is -1.91. The van der Waals surface area contributed by atoms with E-state index in [-0.39, 0.29) is 4.47 Å². The van der Waals surface area contributed by atoms with Gasteiger partial charge in [0, 0.05) is 0 Å². The van der Waals surface area contributed by atoms with Gasteiger partial charge in [-0.3, -0.25) is 0 Å². The summed E-state index contributed by atoms with van der Waals surface area (Å²) < 4.78 is 24.0. The fourth-order valence-electron chi connectivity index (χ4n) is 0.329. The van der Waals surface area contributed by atoms with Gasteiger partial charge in [0.25, 0.3) is 0 Å². The Morgan fingerprint density at radius 3 is 2.00 bits per heavy atom. The van der Waals surface area contributed by atoms with Crippen LogP contribution in [0, 0.1) is 11.9 Å². The molecule has 0 N–H and O–H groups in total. The summed E-state index contributed by atoms with van der Waals surface area (Å²) in [6.45, 7) is 0. The van der Waals surface area contributed by atoms with Crippen LogP contribution in [-0.4, -0.2) is 9.97 Å². The monoisotopic (exact) mass is 194 g/mol. The highest BCUT2D eigenvalue weighted by molar-refractivity contribution is 9.10. The van der Waals surface area contributed by atoms with Crippen LogP contribution in [0.1, 0.15) is 0 Å². The molecule has 1 aromatic heterocycles. The smallest absolute Gasteiger partial charge is 0.207 e. The fraction of sp³-hybridized carbons (Fsp3) is 0. The molecule has 0 saturated heterocycles. The van der Waals surface area contributed by atoms with Crippen LogP contribution in [0.25, 0.3) is 0 Å². The molecule has 0 saturated carbocycles. The average molecular weight is 195 g/mol. The number of hydrogen-bond acceptors (Lipinski definition) is 2. The Labute approximate surface area is 58.1 Å². The number of rotatable bonds is 0. The summed E-state index contributed by atoms with van der Waals surface area (Å²) in [5.74, 6) is -1.77. The van der Waals surface area contributed by atoms with Crippen molar-refractivity contribution >= 4 is 15.9 Å². The molecule has 0 radical (unpaired) electrons. The van der Waals surface area contributed by atoms with E-state index < -0.39 is 11.9 Å². The average Bonchev–Trinajstić information content (AvgIpc) is 1.83. The van der Waals surface area contributed by atoms with Gasteiger partial charge in [0.15, 0.2) is 0 Å². The van der Waals surface area contributed by atoms with Crippen molar-refractivity contribution in [2.45, 2.75) is 0 Å². The highest BCUT2D eigenvalue weighted by Crippen LogP contribution is 2.13. The van der Waals surface area contributed by atoms with Gasteiger partial charge in [0.05, 0.1) is 0 Å². The van der Waals surface area contributed by atoms with Crippen LogP contribution in [0.4, 0.5) is 8.78 Å². The van der Waals surface area contributed by atoms with Crippen LogP contribution in [0.15, 0.2) is 10.8 Å². The van der Waals surface area contributed by atoms with E-state index in [1.54, 1.807) is 0 Å². The second-order valence-corrected chi connectivity index (χ2v) is 2.06.